The highest BCUT2D eigenvalue weighted by molar-refractivity contribution is 6.53. The van der Waals surface area contributed by atoms with Gasteiger partial charge in [0.2, 0.25) is 0 Å². The summed E-state index contributed by atoms with van der Waals surface area (Å²) in [5.74, 6) is 1.55. The molecule has 0 saturated carbocycles. The van der Waals surface area contributed by atoms with Crippen molar-refractivity contribution >= 4 is 63.3 Å². The number of hydrogen-bond acceptors (Lipinski definition) is 6. The molecule has 0 heterocycles. The summed E-state index contributed by atoms with van der Waals surface area (Å²) in [5.41, 5.74) is 7.62. The van der Waals surface area contributed by atoms with Crippen LogP contribution in [0.2, 0.25) is 20.1 Å². The van der Waals surface area contributed by atoms with Crippen molar-refractivity contribution in [3.63, 3.8) is 0 Å². The third-order valence-corrected chi connectivity index (χ3v) is 9.13. The van der Waals surface area contributed by atoms with Crippen molar-refractivity contribution in [2.75, 3.05) is 28.4 Å². The van der Waals surface area contributed by atoms with Crippen LogP contribution < -0.4 is 18.9 Å². The molecule has 1 radical (unpaired) electrons. The molecule has 0 spiro atoms. The lowest BCUT2D eigenvalue weighted by Crippen LogP contribution is -2.04. The van der Waals surface area contributed by atoms with E-state index in [1.165, 1.54) is 0 Å². The molecular weight excluding hydrogens is 694 g/mol. The van der Waals surface area contributed by atoms with Gasteiger partial charge in [-0.15, -0.1) is 5.73 Å². The first kappa shape index (κ1) is 35.1. The SMILES string of the molecule is CO[C]1C=CC(=C=C(/C(=C(\Oc2c(O)c(Cl)c(Cl)c(Cl)c2Cl)c2ccc(OC)cc2)c2ccc(OC)cc2)c2ccc(OC)cc2)C=C1. The maximum absolute atomic E-state index is 11.2. The molecule has 4 aromatic carbocycles. The molecule has 0 bridgehead atoms. The van der Waals surface area contributed by atoms with Crippen molar-refractivity contribution < 1.29 is 28.8 Å². The third kappa shape index (κ3) is 7.56. The fraction of sp³-hybridized carbons (Fsp3) is 0.105. The van der Waals surface area contributed by atoms with Gasteiger partial charge in [-0.2, -0.15) is 0 Å². The second kappa shape index (κ2) is 15.8. The van der Waals surface area contributed by atoms with Gasteiger partial charge in [0, 0.05) is 29.4 Å². The van der Waals surface area contributed by atoms with E-state index in [9.17, 15) is 5.11 Å². The minimum absolute atomic E-state index is 0.0769. The van der Waals surface area contributed by atoms with Gasteiger partial charge in [0.1, 0.15) is 39.2 Å². The van der Waals surface area contributed by atoms with Gasteiger partial charge in [0.15, 0.2) is 11.5 Å². The first-order valence-electron chi connectivity index (χ1n) is 14.4. The topological polar surface area (TPSA) is 66.4 Å². The van der Waals surface area contributed by atoms with Gasteiger partial charge in [-0.3, -0.25) is 0 Å². The fourth-order valence-corrected chi connectivity index (χ4v) is 5.66. The molecule has 6 nitrogen and oxygen atoms in total. The second-order valence-corrected chi connectivity index (χ2v) is 11.7. The Balaban J connectivity index is 1.94. The van der Waals surface area contributed by atoms with Crippen molar-refractivity contribution in [3.05, 3.63) is 151 Å². The molecule has 0 amide bonds. The molecule has 4 aromatic rings. The minimum atomic E-state index is -0.481. The van der Waals surface area contributed by atoms with E-state index in [-0.39, 0.29) is 31.6 Å². The molecule has 0 fully saturated rings. The lowest BCUT2D eigenvalue weighted by Gasteiger charge is -2.22. The summed E-state index contributed by atoms with van der Waals surface area (Å²) in [6, 6.07) is 22.2. The molecule has 48 heavy (non-hydrogen) atoms. The fourth-order valence-electron chi connectivity index (χ4n) is 4.79. The van der Waals surface area contributed by atoms with Crippen LogP contribution in [0.4, 0.5) is 0 Å². The van der Waals surface area contributed by atoms with Crippen LogP contribution in [0.3, 0.4) is 0 Å². The standard InChI is InChI=1S/C38H29Cl4O6/c1-44-26-13-5-22(6-14-26)21-30(23-7-15-27(45-2)16-8-23)31(24-9-17-28(46-3)18-10-24)37(25-11-19-29(47-4)20-12-25)48-38-35(42)33(40)32(39)34(41)36(38)43/h5-20,43H,1-4H3/b37-31-. The Hall–Kier alpha value is -4.26. The quantitative estimate of drug-likeness (QED) is 0.0439. The van der Waals surface area contributed by atoms with E-state index < -0.39 is 5.75 Å². The first-order valence-corrected chi connectivity index (χ1v) is 15.9. The van der Waals surface area contributed by atoms with E-state index in [1.807, 2.05) is 85.0 Å². The summed E-state index contributed by atoms with van der Waals surface area (Å²) in [7, 11) is 6.38. The summed E-state index contributed by atoms with van der Waals surface area (Å²) in [4.78, 5) is 0. The summed E-state index contributed by atoms with van der Waals surface area (Å²) in [6.45, 7) is 0. The molecule has 0 saturated heterocycles. The average Bonchev–Trinajstić information content (AvgIpc) is 3.14. The Morgan fingerprint density at radius 1 is 0.542 bits per heavy atom. The van der Waals surface area contributed by atoms with Gasteiger partial charge in [-0.05, 0) is 84.0 Å². The van der Waals surface area contributed by atoms with E-state index in [0.29, 0.717) is 40.1 Å². The van der Waals surface area contributed by atoms with Gasteiger partial charge >= 0.3 is 0 Å². The van der Waals surface area contributed by atoms with Gasteiger partial charge in [-0.25, -0.2) is 0 Å². The van der Waals surface area contributed by atoms with Crippen LogP contribution in [0, 0.1) is 6.10 Å². The Labute approximate surface area is 299 Å². The summed E-state index contributed by atoms with van der Waals surface area (Å²) in [5, 5.41) is 10.7. The summed E-state index contributed by atoms with van der Waals surface area (Å²) < 4.78 is 28.4. The highest BCUT2D eigenvalue weighted by Crippen LogP contribution is 2.52. The number of ether oxygens (including phenoxy) is 5. The smallest absolute Gasteiger partial charge is 0.190 e. The number of allylic oxidation sites excluding steroid dienone is 4. The molecule has 1 aliphatic carbocycles. The van der Waals surface area contributed by atoms with Crippen LogP contribution in [0.5, 0.6) is 28.7 Å². The Kier molecular flexibility index (Phi) is 11.5. The van der Waals surface area contributed by atoms with Gasteiger partial charge in [0.25, 0.3) is 0 Å². The summed E-state index contributed by atoms with van der Waals surface area (Å²) in [6.07, 6.45) is 8.18. The minimum Gasteiger partial charge on any atom is -0.503 e. The first-order chi connectivity index (χ1) is 23.2. The number of hydrogen-bond donors (Lipinski definition) is 1. The zero-order valence-corrected chi connectivity index (χ0v) is 29.3. The molecule has 10 heteroatoms. The van der Waals surface area contributed by atoms with Crippen LogP contribution in [0.15, 0.2) is 108 Å². The predicted molar refractivity (Wildman–Crippen MR) is 194 cm³/mol. The molecular formula is C38H29Cl4O6. The number of aromatic hydroxyl groups is 1. The maximum atomic E-state index is 11.2. The highest BCUT2D eigenvalue weighted by Gasteiger charge is 2.27. The lowest BCUT2D eigenvalue weighted by atomic mass is 9.89. The number of phenols is 1. The largest absolute Gasteiger partial charge is 0.503 e. The van der Waals surface area contributed by atoms with E-state index in [0.717, 1.165) is 16.7 Å². The Morgan fingerprint density at radius 3 is 1.48 bits per heavy atom. The van der Waals surface area contributed by atoms with Crippen LogP contribution in [0.25, 0.3) is 16.9 Å². The van der Waals surface area contributed by atoms with Gasteiger partial charge < -0.3 is 28.8 Å². The lowest BCUT2D eigenvalue weighted by molar-refractivity contribution is 0.257. The molecule has 1 aliphatic rings. The second-order valence-electron chi connectivity index (χ2n) is 10.2. The van der Waals surface area contributed by atoms with Crippen LogP contribution >= 0.6 is 46.4 Å². The molecule has 1 N–H and O–H groups in total. The number of rotatable bonds is 10. The number of benzene rings is 4. The summed E-state index contributed by atoms with van der Waals surface area (Å²) >= 11 is 25.8. The monoisotopic (exact) mass is 721 g/mol. The van der Waals surface area contributed by atoms with Crippen molar-refractivity contribution in [1.82, 2.24) is 0 Å². The maximum Gasteiger partial charge on any atom is 0.190 e. The normalized spacial score (nSPS) is 13.1. The van der Waals surface area contributed by atoms with Crippen molar-refractivity contribution in [1.29, 1.82) is 0 Å². The number of methoxy groups -OCH3 is 4. The van der Waals surface area contributed by atoms with Crippen LogP contribution in [-0.2, 0) is 4.74 Å². The molecule has 5 rings (SSSR count). The Morgan fingerprint density at radius 2 is 1.00 bits per heavy atom. The molecule has 0 atom stereocenters. The zero-order chi connectivity index (χ0) is 34.4. The van der Waals surface area contributed by atoms with E-state index >= 15 is 0 Å². The average molecular weight is 723 g/mol. The predicted octanol–water partition coefficient (Wildman–Crippen LogP) is 10.9. The molecule has 0 unspecified atom stereocenters. The van der Waals surface area contributed by atoms with Crippen LogP contribution in [-0.4, -0.2) is 33.5 Å². The number of phenolic OH excluding ortho intramolecular Hbond substituents is 1. The number of halogens is 4. The Bertz CT molecular complexity index is 1910. The van der Waals surface area contributed by atoms with Crippen molar-refractivity contribution in [3.8, 4) is 28.7 Å². The molecule has 245 valence electrons. The molecule has 0 aliphatic heterocycles. The van der Waals surface area contributed by atoms with E-state index in [2.05, 4.69) is 5.73 Å². The van der Waals surface area contributed by atoms with Crippen molar-refractivity contribution in [2.24, 2.45) is 0 Å². The van der Waals surface area contributed by atoms with E-state index in [4.69, 9.17) is 70.1 Å². The third-order valence-electron chi connectivity index (χ3n) is 7.35. The molecule has 0 aromatic heterocycles. The van der Waals surface area contributed by atoms with Crippen molar-refractivity contribution in [2.45, 2.75) is 0 Å². The van der Waals surface area contributed by atoms with Gasteiger partial charge in [0.05, 0.1) is 31.4 Å². The van der Waals surface area contributed by atoms with Crippen LogP contribution in [0.1, 0.15) is 16.7 Å². The van der Waals surface area contributed by atoms with Gasteiger partial charge in [-0.1, -0.05) is 70.7 Å². The van der Waals surface area contributed by atoms with E-state index in [1.54, 1.807) is 40.6 Å². The highest BCUT2D eigenvalue weighted by atomic mass is 35.5. The zero-order valence-electron chi connectivity index (χ0n) is 26.2.